The highest BCUT2D eigenvalue weighted by Gasteiger charge is 2.32. The van der Waals surface area contributed by atoms with E-state index in [1.165, 1.54) is 18.0 Å². The Bertz CT molecular complexity index is 1090. The number of halogens is 3. The van der Waals surface area contributed by atoms with E-state index in [0.717, 1.165) is 32.7 Å². The molecule has 0 aliphatic rings. The van der Waals surface area contributed by atoms with E-state index in [4.69, 9.17) is 0 Å². The molecule has 0 saturated heterocycles. The molecule has 0 aliphatic carbocycles. The molecule has 0 saturated carbocycles. The fourth-order valence-electron chi connectivity index (χ4n) is 2.60. The van der Waals surface area contributed by atoms with Gasteiger partial charge in [-0.25, -0.2) is 4.98 Å². The van der Waals surface area contributed by atoms with Crippen LogP contribution in [0.5, 0.6) is 0 Å². The van der Waals surface area contributed by atoms with Crippen LogP contribution in [0.2, 0.25) is 0 Å². The van der Waals surface area contributed by atoms with Gasteiger partial charge in [0.2, 0.25) is 0 Å². The van der Waals surface area contributed by atoms with Crippen molar-refractivity contribution in [2.24, 2.45) is 0 Å². The minimum atomic E-state index is -4.44. The van der Waals surface area contributed by atoms with Crippen molar-refractivity contribution in [1.29, 1.82) is 0 Å². The third-order valence-corrected chi connectivity index (χ3v) is 6.09. The lowest BCUT2D eigenvalue weighted by Gasteiger charge is -2.06. The number of hydrogen-bond acceptors (Lipinski definition) is 5. The summed E-state index contributed by atoms with van der Waals surface area (Å²) < 4.78 is 39.4. The highest BCUT2D eigenvalue weighted by atomic mass is 32.2. The summed E-state index contributed by atoms with van der Waals surface area (Å²) in [5.41, 5.74) is 1.97. The van der Waals surface area contributed by atoms with Crippen LogP contribution < -0.4 is 5.32 Å². The zero-order valence-electron chi connectivity index (χ0n) is 14.4. The molecule has 0 atom stereocenters. The van der Waals surface area contributed by atoms with Crippen LogP contribution in [-0.4, -0.2) is 9.97 Å². The van der Waals surface area contributed by atoms with E-state index in [1.54, 1.807) is 17.4 Å². The standard InChI is InChI=1S/C20H14F3N3S2/c21-20(22,23)18-11-15(8-9-24-18)27-12-19-26-16-7-6-14(10-17(16)28-19)25-13-4-2-1-3-5-13/h1-11,25H,12H2. The SMILES string of the molecule is FC(F)(F)c1cc(SCc2nc3ccc(Nc4ccccc4)cc3s2)ccn1. The van der Waals surface area contributed by atoms with E-state index < -0.39 is 11.9 Å². The van der Waals surface area contributed by atoms with Crippen molar-refractivity contribution >= 4 is 44.7 Å². The number of nitrogens with one attached hydrogen (secondary N) is 1. The summed E-state index contributed by atoms with van der Waals surface area (Å²) in [6.45, 7) is 0. The number of thiazole rings is 1. The Morgan fingerprint density at radius 2 is 1.79 bits per heavy atom. The van der Waals surface area contributed by atoms with Crippen molar-refractivity contribution < 1.29 is 13.2 Å². The number of hydrogen-bond donors (Lipinski definition) is 1. The van der Waals surface area contributed by atoms with Crippen molar-refractivity contribution in [2.75, 3.05) is 5.32 Å². The number of aromatic nitrogens is 2. The summed E-state index contributed by atoms with van der Waals surface area (Å²) in [6, 6.07) is 18.5. The maximum atomic E-state index is 12.8. The number of rotatable bonds is 5. The third kappa shape index (κ3) is 4.45. The summed E-state index contributed by atoms with van der Waals surface area (Å²) in [7, 11) is 0. The van der Waals surface area contributed by atoms with Crippen LogP contribution in [0.3, 0.4) is 0 Å². The first-order valence-electron chi connectivity index (χ1n) is 8.35. The average molecular weight is 417 g/mol. The smallest absolute Gasteiger partial charge is 0.355 e. The predicted octanol–water partition coefficient (Wildman–Crippen LogP) is 6.75. The summed E-state index contributed by atoms with van der Waals surface area (Å²) in [4.78, 5) is 8.49. The largest absolute Gasteiger partial charge is 0.433 e. The van der Waals surface area contributed by atoms with Gasteiger partial charge in [-0.2, -0.15) is 13.2 Å². The molecule has 2 heterocycles. The van der Waals surface area contributed by atoms with E-state index in [1.807, 2.05) is 48.5 Å². The summed E-state index contributed by atoms with van der Waals surface area (Å²) in [5.74, 6) is 0.502. The Kier molecular flexibility index (Phi) is 5.23. The summed E-state index contributed by atoms with van der Waals surface area (Å²) in [5, 5.41) is 4.21. The van der Waals surface area contributed by atoms with Crippen molar-refractivity contribution in [3.8, 4) is 0 Å². The van der Waals surface area contributed by atoms with Crippen LogP contribution >= 0.6 is 23.1 Å². The average Bonchev–Trinajstić information content (AvgIpc) is 3.09. The van der Waals surface area contributed by atoms with E-state index in [2.05, 4.69) is 15.3 Å². The molecule has 4 rings (SSSR count). The zero-order chi connectivity index (χ0) is 19.6. The van der Waals surface area contributed by atoms with Gasteiger partial charge in [0.1, 0.15) is 10.7 Å². The molecule has 142 valence electrons. The molecule has 0 fully saturated rings. The Labute approximate surface area is 167 Å². The molecular formula is C20H14F3N3S2. The van der Waals surface area contributed by atoms with Gasteiger partial charge in [0, 0.05) is 22.5 Å². The monoisotopic (exact) mass is 417 g/mol. The van der Waals surface area contributed by atoms with E-state index >= 15 is 0 Å². The lowest BCUT2D eigenvalue weighted by Crippen LogP contribution is -2.07. The minimum Gasteiger partial charge on any atom is -0.355 e. The molecule has 4 aromatic rings. The molecule has 0 radical (unpaired) electrons. The number of anilines is 2. The van der Waals surface area contributed by atoms with Crippen LogP contribution in [0.15, 0.2) is 71.8 Å². The van der Waals surface area contributed by atoms with Crippen LogP contribution in [0.4, 0.5) is 24.5 Å². The molecular weight excluding hydrogens is 403 g/mol. The number of benzene rings is 2. The molecule has 0 aliphatic heterocycles. The Hall–Kier alpha value is -2.58. The summed E-state index contributed by atoms with van der Waals surface area (Å²) >= 11 is 2.86. The lowest BCUT2D eigenvalue weighted by molar-refractivity contribution is -0.141. The van der Waals surface area contributed by atoms with E-state index in [0.29, 0.717) is 10.6 Å². The van der Waals surface area contributed by atoms with Gasteiger partial charge in [0.15, 0.2) is 0 Å². The third-order valence-electron chi connectivity index (χ3n) is 3.88. The normalized spacial score (nSPS) is 11.7. The minimum absolute atomic E-state index is 0.502. The highest BCUT2D eigenvalue weighted by molar-refractivity contribution is 7.98. The van der Waals surface area contributed by atoms with Crippen LogP contribution in [0.25, 0.3) is 10.2 Å². The molecule has 28 heavy (non-hydrogen) atoms. The quantitative estimate of drug-likeness (QED) is 0.365. The van der Waals surface area contributed by atoms with Gasteiger partial charge < -0.3 is 5.32 Å². The van der Waals surface area contributed by atoms with Crippen LogP contribution in [-0.2, 0) is 11.9 Å². The first-order valence-corrected chi connectivity index (χ1v) is 10.2. The van der Waals surface area contributed by atoms with Crippen molar-refractivity contribution in [3.05, 3.63) is 77.6 Å². The number of alkyl halides is 3. The van der Waals surface area contributed by atoms with Gasteiger partial charge >= 0.3 is 6.18 Å². The number of thioether (sulfide) groups is 1. The van der Waals surface area contributed by atoms with Gasteiger partial charge in [-0.1, -0.05) is 18.2 Å². The Balaban J connectivity index is 1.48. The lowest BCUT2D eigenvalue weighted by atomic mass is 10.2. The van der Waals surface area contributed by atoms with Gasteiger partial charge in [0.05, 0.1) is 16.0 Å². The molecule has 3 nitrogen and oxygen atoms in total. The maximum Gasteiger partial charge on any atom is 0.433 e. The second-order valence-electron chi connectivity index (χ2n) is 5.94. The van der Waals surface area contributed by atoms with Crippen molar-refractivity contribution in [3.63, 3.8) is 0 Å². The number of pyridine rings is 1. The first-order chi connectivity index (χ1) is 13.5. The fraction of sp³-hybridized carbons (Fsp3) is 0.100. The molecule has 2 aromatic heterocycles. The topological polar surface area (TPSA) is 37.8 Å². The predicted molar refractivity (Wildman–Crippen MR) is 108 cm³/mol. The van der Waals surface area contributed by atoms with E-state index in [9.17, 15) is 13.2 Å². The van der Waals surface area contributed by atoms with Crippen molar-refractivity contribution in [2.45, 2.75) is 16.8 Å². The molecule has 2 aromatic carbocycles. The second kappa shape index (κ2) is 7.81. The maximum absolute atomic E-state index is 12.8. The van der Waals surface area contributed by atoms with Crippen LogP contribution in [0, 0.1) is 0 Å². The summed E-state index contributed by atoms with van der Waals surface area (Å²) in [6.07, 6.45) is -3.25. The molecule has 0 unspecified atom stereocenters. The molecule has 0 amide bonds. The Morgan fingerprint density at radius 3 is 2.57 bits per heavy atom. The first kappa shape index (κ1) is 18.8. The van der Waals surface area contributed by atoms with Gasteiger partial charge in [-0.05, 0) is 42.5 Å². The second-order valence-corrected chi connectivity index (χ2v) is 8.11. The van der Waals surface area contributed by atoms with Gasteiger partial charge in [0.25, 0.3) is 0 Å². The molecule has 8 heteroatoms. The molecule has 1 N–H and O–H groups in total. The Morgan fingerprint density at radius 1 is 0.964 bits per heavy atom. The van der Waals surface area contributed by atoms with Gasteiger partial charge in [-0.3, -0.25) is 4.98 Å². The highest BCUT2D eigenvalue weighted by Crippen LogP contribution is 2.33. The van der Waals surface area contributed by atoms with Crippen LogP contribution in [0.1, 0.15) is 10.7 Å². The van der Waals surface area contributed by atoms with Crippen molar-refractivity contribution in [1.82, 2.24) is 9.97 Å². The number of fused-ring (bicyclic) bond motifs is 1. The molecule has 0 spiro atoms. The fourth-order valence-corrected chi connectivity index (χ4v) is 4.52. The number of nitrogens with zero attached hydrogens (tertiary/aromatic N) is 2. The zero-order valence-corrected chi connectivity index (χ0v) is 16.0. The van der Waals surface area contributed by atoms with E-state index in [-0.39, 0.29) is 0 Å². The number of para-hydroxylation sites is 1. The van der Waals surface area contributed by atoms with Gasteiger partial charge in [-0.15, -0.1) is 23.1 Å². The molecule has 0 bridgehead atoms.